The number of carbonyl (C=O) groups is 1. The first kappa shape index (κ1) is 36.3. The van der Waals surface area contributed by atoms with E-state index in [9.17, 15) is 9.90 Å². The van der Waals surface area contributed by atoms with Crippen molar-refractivity contribution >= 4 is 18.5 Å². The van der Waals surface area contributed by atoms with E-state index >= 15 is 0 Å². The normalized spacial score (nSPS) is 12.4. The van der Waals surface area contributed by atoms with Crippen LogP contribution in [0.3, 0.4) is 0 Å². The first-order valence-corrected chi connectivity index (χ1v) is 14.8. The molecule has 0 fully saturated rings. The lowest BCUT2D eigenvalue weighted by atomic mass is 10.1. The minimum atomic E-state index is -0.285. The van der Waals surface area contributed by atoms with Crippen LogP contribution in [0.25, 0.3) is 0 Å². The topological polar surface area (TPSA) is 95.5 Å². The van der Waals surface area contributed by atoms with Gasteiger partial charge in [-0.2, -0.15) is 12.6 Å². The molecule has 0 aliphatic carbocycles. The zero-order valence-corrected chi connectivity index (χ0v) is 24.2. The molecule has 0 aromatic rings. The Morgan fingerprint density at radius 2 is 1.22 bits per heavy atom. The van der Waals surface area contributed by atoms with E-state index in [1.165, 1.54) is 64.2 Å². The molecule has 0 aromatic heterocycles. The van der Waals surface area contributed by atoms with Gasteiger partial charge >= 0.3 is 0 Å². The van der Waals surface area contributed by atoms with Gasteiger partial charge in [0.15, 0.2) is 0 Å². The molecule has 0 rings (SSSR count). The van der Waals surface area contributed by atoms with E-state index in [0.717, 1.165) is 12.2 Å². The SMILES string of the molecule is COCCOCCOCCOCCOCC(=O)NC(CO)C/C=C/CCCCCCCCCCCCS. The molecule has 0 aromatic carbocycles. The van der Waals surface area contributed by atoms with Crippen LogP contribution in [-0.2, 0) is 28.5 Å². The van der Waals surface area contributed by atoms with E-state index in [2.05, 4.69) is 30.1 Å². The van der Waals surface area contributed by atoms with E-state index in [1.54, 1.807) is 7.11 Å². The Morgan fingerprint density at radius 1 is 0.730 bits per heavy atom. The van der Waals surface area contributed by atoms with Crippen molar-refractivity contribution in [2.45, 2.75) is 83.1 Å². The first-order chi connectivity index (χ1) is 18.2. The van der Waals surface area contributed by atoms with Crippen LogP contribution in [0.5, 0.6) is 0 Å². The molecule has 220 valence electrons. The van der Waals surface area contributed by atoms with Crippen molar-refractivity contribution in [2.24, 2.45) is 0 Å². The first-order valence-electron chi connectivity index (χ1n) is 14.2. The number of hydrogen-bond acceptors (Lipinski definition) is 8. The van der Waals surface area contributed by atoms with Gasteiger partial charge in [0.1, 0.15) is 6.61 Å². The molecule has 0 saturated heterocycles. The minimum Gasteiger partial charge on any atom is -0.394 e. The van der Waals surface area contributed by atoms with Crippen molar-refractivity contribution in [1.82, 2.24) is 5.32 Å². The number of thiol groups is 1. The third-order valence-corrected chi connectivity index (χ3v) is 6.05. The monoisotopic (exact) mass is 549 g/mol. The van der Waals surface area contributed by atoms with Gasteiger partial charge in [0.25, 0.3) is 0 Å². The van der Waals surface area contributed by atoms with Gasteiger partial charge in [-0.25, -0.2) is 0 Å². The maximum Gasteiger partial charge on any atom is 0.246 e. The van der Waals surface area contributed by atoms with Crippen LogP contribution in [-0.4, -0.2) is 96.0 Å². The molecule has 37 heavy (non-hydrogen) atoms. The number of nitrogens with one attached hydrogen (secondary N) is 1. The molecule has 0 spiro atoms. The summed E-state index contributed by atoms with van der Waals surface area (Å²) < 4.78 is 26.3. The van der Waals surface area contributed by atoms with Crippen LogP contribution in [0.2, 0.25) is 0 Å². The zero-order chi connectivity index (χ0) is 27.1. The van der Waals surface area contributed by atoms with Crippen LogP contribution >= 0.6 is 12.6 Å². The number of rotatable bonds is 30. The molecule has 1 amide bonds. The maximum absolute atomic E-state index is 12.0. The second kappa shape index (κ2) is 31.5. The summed E-state index contributed by atoms with van der Waals surface area (Å²) >= 11 is 4.25. The predicted molar refractivity (Wildman–Crippen MR) is 153 cm³/mol. The van der Waals surface area contributed by atoms with Gasteiger partial charge in [-0.15, -0.1) is 0 Å². The van der Waals surface area contributed by atoms with Gasteiger partial charge in [0.05, 0.1) is 65.5 Å². The summed E-state index contributed by atoms with van der Waals surface area (Å²) in [5, 5.41) is 12.3. The van der Waals surface area contributed by atoms with Crippen LogP contribution in [0.15, 0.2) is 12.2 Å². The third kappa shape index (κ3) is 29.7. The van der Waals surface area contributed by atoms with Gasteiger partial charge in [-0.3, -0.25) is 4.79 Å². The number of allylic oxidation sites excluding steroid dienone is 1. The van der Waals surface area contributed by atoms with Crippen LogP contribution in [0.4, 0.5) is 0 Å². The highest BCUT2D eigenvalue weighted by Gasteiger charge is 2.09. The van der Waals surface area contributed by atoms with Gasteiger partial charge < -0.3 is 34.1 Å². The molecule has 0 heterocycles. The fourth-order valence-electron chi connectivity index (χ4n) is 3.58. The molecule has 1 unspecified atom stereocenters. The van der Waals surface area contributed by atoms with E-state index in [0.29, 0.717) is 59.3 Å². The largest absolute Gasteiger partial charge is 0.394 e. The number of carbonyl (C=O) groups excluding carboxylic acids is 1. The number of methoxy groups -OCH3 is 1. The fraction of sp³-hybridized carbons (Fsp3) is 0.893. The van der Waals surface area contributed by atoms with E-state index in [4.69, 9.17) is 23.7 Å². The highest BCUT2D eigenvalue weighted by atomic mass is 32.1. The van der Waals surface area contributed by atoms with E-state index in [1.807, 2.05) is 0 Å². The lowest BCUT2D eigenvalue weighted by Crippen LogP contribution is -2.39. The van der Waals surface area contributed by atoms with Gasteiger partial charge in [0, 0.05) is 7.11 Å². The fourth-order valence-corrected chi connectivity index (χ4v) is 3.81. The molecule has 2 N–H and O–H groups in total. The van der Waals surface area contributed by atoms with Crippen LogP contribution in [0, 0.1) is 0 Å². The number of hydrogen-bond donors (Lipinski definition) is 3. The molecular formula is C28H55NO7S. The number of unbranched alkanes of at least 4 members (excludes halogenated alkanes) is 10. The number of aliphatic hydroxyl groups is 1. The quantitative estimate of drug-likeness (QED) is 0.0697. The lowest BCUT2D eigenvalue weighted by molar-refractivity contribution is -0.127. The van der Waals surface area contributed by atoms with Gasteiger partial charge in [-0.05, 0) is 31.4 Å². The molecule has 0 aliphatic rings. The zero-order valence-electron chi connectivity index (χ0n) is 23.3. The average molecular weight is 550 g/mol. The summed E-state index contributed by atoms with van der Waals surface area (Å²) in [5.74, 6) is 0.784. The molecule has 0 aliphatic heterocycles. The van der Waals surface area contributed by atoms with E-state index < -0.39 is 0 Å². The molecule has 0 radical (unpaired) electrons. The number of ether oxygens (including phenoxy) is 5. The molecule has 0 bridgehead atoms. The minimum absolute atomic E-state index is 0.0471. The summed E-state index contributed by atoms with van der Waals surface area (Å²) in [6, 6.07) is -0.285. The summed E-state index contributed by atoms with van der Waals surface area (Å²) in [6.07, 6.45) is 19.0. The highest BCUT2D eigenvalue weighted by molar-refractivity contribution is 7.80. The van der Waals surface area contributed by atoms with Crippen molar-refractivity contribution in [2.75, 3.05) is 78.9 Å². The number of aliphatic hydroxyl groups excluding tert-OH is 1. The second-order valence-corrected chi connectivity index (χ2v) is 9.53. The summed E-state index contributed by atoms with van der Waals surface area (Å²) in [6.45, 7) is 3.72. The Bertz CT molecular complexity index is 497. The van der Waals surface area contributed by atoms with E-state index in [-0.39, 0.29) is 25.2 Å². The summed E-state index contributed by atoms with van der Waals surface area (Å²) in [5.41, 5.74) is 0. The summed E-state index contributed by atoms with van der Waals surface area (Å²) in [7, 11) is 1.64. The average Bonchev–Trinajstić information content (AvgIpc) is 2.90. The van der Waals surface area contributed by atoms with Crippen molar-refractivity contribution < 1.29 is 33.6 Å². The number of amides is 1. The Kier molecular flexibility index (Phi) is 31.0. The van der Waals surface area contributed by atoms with Crippen molar-refractivity contribution in [3.63, 3.8) is 0 Å². The molecule has 0 saturated carbocycles. The Morgan fingerprint density at radius 3 is 1.73 bits per heavy atom. The highest BCUT2D eigenvalue weighted by Crippen LogP contribution is 2.11. The summed E-state index contributed by atoms with van der Waals surface area (Å²) in [4.78, 5) is 12.0. The maximum atomic E-state index is 12.0. The van der Waals surface area contributed by atoms with Crippen molar-refractivity contribution in [1.29, 1.82) is 0 Å². The second-order valence-electron chi connectivity index (χ2n) is 9.08. The van der Waals surface area contributed by atoms with Crippen LogP contribution in [0.1, 0.15) is 77.0 Å². The standard InChI is InChI=1S/C28H55NO7S/c1-32-16-17-33-18-19-34-20-21-35-22-23-36-26-28(31)29-27(25-30)15-13-11-9-7-5-3-2-4-6-8-10-12-14-24-37/h11,13,27,30,37H,2-10,12,14-26H2,1H3,(H,29,31)/b13-11+. The predicted octanol–water partition coefficient (Wildman–Crippen LogP) is 4.34. The third-order valence-electron chi connectivity index (χ3n) is 5.73. The molecular weight excluding hydrogens is 494 g/mol. The van der Waals surface area contributed by atoms with Crippen LogP contribution < -0.4 is 5.32 Å². The van der Waals surface area contributed by atoms with Crippen molar-refractivity contribution in [3.8, 4) is 0 Å². The molecule has 8 nitrogen and oxygen atoms in total. The Labute approximate surface area is 231 Å². The molecule has 1 atom stereocenters. The lowest BCUT2D eigenvalue weighted by Gasteiger charge is -2.14. The smallest absolute Gasteiger partial charge is 0.246 e. The van der Waals surface area contributed by atoms with Crippen molar-refractivity contribution in [3.05, 3.63) is 12.2 Å². The van der Waals surface area contributed by atoms with Gasteiger partial charge in [0.2, 0.25) is 5.91 Å². The Balaban J connectivity index is 3.48. The molecule has 9 heteroatoms. The Hall–Kier alpha value is -0.680. The van der Waals surface area contributed by atoms with Gasteiger partial charge in [-0.1, -0.05) is 63.5 Å².